The van der Waals surface area contributed by atoms with Crippen molar-refractivity contribution in [2.75, 3.05) is 6.54 Å². The molecule has 0 bridgehead atoms. The van der Waals surface area contributed by atoms with E-state index in [0.29, 0.717) is 0 Å². The first-order valence-electron chi connectivity index (χ1n) is 7.60. The molecule has 2 amide bonds. The Kier molecular flexibility index (Phi) is 8.07. The van der Waals surface area contributed by atoms with E-state index in [1.54, 1.807) is 30.3 Å². The van der Waals surface area contributed by atoms with Crippen molar-refractivity contribution in [3.05, 3.63) is 35.9 Å². The zero-order valence-electron chi connectivity index (χ0n) is 13.5. The fourth-order valence-corrected chi connectivity index (χ4v) is 2.03. The molecular weight excluding hydrogens is 330 g/mol. The molecular formula is C16H21N3O6. The molecule has 0 radical (unpaired) electrons. The summed E-state index contributed by atoms with van der Waals surface area (Å²) in [6, 6.07) is 6.74. The summed E-state index contributed by atoms with van der Waals surface area (Å²) in [6.07, 6.45) is -0.206. The number of hydrogen-bond acceptors (Lipinski definition) is 5. The number of carbonyl (C=O) groups is 4. The highest BCUT2D eigenvalue weighted by molar-refractivity contribution is 5.91. The van der Waals surface area contributed by atoms with E-state index in [1.807, 2.05) is 0 Å². The molecule has 1 rings (SSSR count). The zero-order valence-corrected chi connectivity index (χ0v) is 13.5. The summed E-state index contributed by atoms with van der Waals surface area (Å²) in [5.41, 5.74) is 6.39. The summed E-state index contributed by atoms with van der Waals surface area (Å²) in [7, 11) is 0. The Morgan fingerprint density at radius 3 is 2.20 bits per heavy atom. The number of benzene rings is 1. The maximum Gasteiger partial charge on any atom is 0.322 e. The minimum atomic E-state index is -1.21. The van der Waals surface area contributed by atoms with Gasteiger partial charge in [-0.25, -0.2) is 0 Å². The van der Waals surface area contributed by atoms with Gasteiger partial charge in [-0.2, -0.15) is 0 Å². The molecule has 0 heterocycles. The number of nitrogens with one attached hydrogen (secondary N) is 2. The van der Waals surface area contributed by atoms with Crippen LogP contribution in [0.15, 0.2) is 30.3 Å². The van der Waals surface area contributed by atoms with E-state index in [0.717, 1.165) is 5.56 Å². The number of carbonyl (C=O) groups excluding carboxylic acids is 2. The average Bonchev–Trinajstić information content (AvgIpc) is 2.57. The lowest BCUT2D eigenvalue weighted by Gasteiger charge is -2.20. The molecule has 0 saturated heterocycles. The van der Waals surface area contributed by atoms with Gasteiger partial charge in [-0.15, -0.1) is 0 Å². The summed E-state index contributed by atoms with van der Waals surface area (Å²) in [4.78, 5) is 45.4. The van der Waals surface area contributed by atoms with E-state index in [4.69, 9.17) is 15.9 Å². The van der Waals surface area contributed by atoms with Gasteiger partial charge in [0.05, 0.1) is 6.04 Å². The molecule has 0 aliphatic heterocycles. The Hall–Kier alpha value is -2.94. The second-order valence-corrected chi connectivity index (χ2v) is 5.40. The lowest BCUT2D eigenvalue weighted by molar-refractivity contribution is -0.138. The van der Waals surface area contributed by atoms with Gasteiger partial charge in [-0.3, -0.25) is 19.2 Å². The number of carboxylic acids is 2. The highest BCUT2D eigenvalue weighted by atomic mass is 16.4. The van der Waals surface area contributed by atoms with Crippen molar-refractivity contribution >= 4 is 23.8 Å². The predicted molar refractivity (Wildman–Crippen MR) is 87.6 cm³/mol. The van der Waals surface area contributed by atoms with Gasteiger partial charge in [-0.1, -0.05) is 30.3 Å². The van der Waals surface area contributed by atoms with Crippen molar-refractivity contribution in [3.8, 4) is 0 Å². The molecule has 0 aliphatic rings. The number of nitrogens with two attached hydrogens (primary N) is 1. The van der Waals surface area contributed by atoms with Gasteiger partial charge in [-0.05, 0) is 12.0 Å². The zero-order chi connectivity index (χ0) is 18.8. The van der Waals surface area contributed by atoms with Crippen LogP contribution in [0.3, 0.4) is 0 Å². The van der Waals surface area contributed by atoms with Gasteiger partial charge < -0.3 is 26.6 Å². The van der Waals surface area contributed by atoms with Crippen LogP contribution in [0.5, 0.6) is 0 Å². The molecule has 0 fully saturated rings. The van der Waals surface area contributed by atoms with Crippen molar-refractivity contribution in [2.24, 2.45) is 5.73 Å². The summed E-state index contributed by atoms with van der Waals surface area (Å²) in [5, 5.41) is 21.9. The Morgan fingerprint density at radius 1 is 1.00 bits per heavy atom. The standard InChI is InChI=1S/C16H21N3O6/c17-11(6-7-13(20)21)15(24)19-12(16(25)18-9-14(22)23)8-10-4-2-1-3-5-10/h1-5,11-12H,6-9,17H2,(H,18,25)(H,19,24)(H,20,21)(H,22,23)/t11-,12-/m0/s1. The molecule has 0 spiro atoms. The van der Waals surface area contributed by atoms with Crippen LogP contribution in [0.4, 0.5) is 0 Å². The lowest BCUT2D eigenvalue weighted by Crippen LogP contribution is -2.53. The van der Waals surface area contributed by atoms with E-state index in [9.17, 15) is 19.2 Å². The molecule has 136 valence electrons. The number of aliphatic carboxylic acids is 2. The van der Waals surface area contributed by atoms with Crippen LogP contribution < -0.4 is 16.4 Å². The van der Waals surface area contributed by atoms with Crippen molar-refractivity contribution in [1.82, 2.24) is 10.6 Å². The Balaban J connectivity index is 2.75. The molecule has 0 saturated carbocycles. The number of carboxylic acid groups (broad SMARTS) is 2. The second-order valence-electron chi connectivity index (χ2n) is 5.40. The van der Waals surface area contributed by atoms with E-state index in [2.05, 4.69) is 10.6 Å². The van der Waals surface area contributed by atoms with Crippen LogP contribution in [0.25, 0.3) is 0 Å². The maximum absolute atomic E-state index is 12.2. The molecule has 0 aromatic heterocycles. The van der Waals surface area contributed by atoms with Crippen molar-refractivity contribution < 1.29 is 29.4 Å². The fourth-order valence-electron chi connectivity index (χ4n) is 2.03. The third-order valence-electron chi connectivity index (χ3n) is 3.34. The van der Waals surface area contributed by atoms with Crippen LogP contribution in [-0.2, 0) is 25.6 Å². The summed E-state index contributed by atoms with van der Waals surface area (Å²) in [5.74, 6) is -3.63. The summed E-state index contributed by atoms with van der Waals surface area (Å²) in [6.45, 7) is -0.578. The first kappa shape index (κ1) is 20.1. The van der Waals surface area contributed by atoms with E-state index in [1.165, 1.54) is 0 Å². The molecule has 9 heteroatoms. The summed E-state index contributed by atoms with van der Waals surface area (Å²) >= 11 is 0. The highest BCUT2D eigenvalue weighted by Crippen LogP contribution is 2.05. The van der Waals surface area contributed by atoms with Crippen molar-refractivity contribution in [3.63, 3.8) is 0 Å². The Morgan fingerprint density at radius 2 is 1.64 bits per heavy atom. The van der Waals surface area contributed by atoms with Gasteiger partial charge in [0.15, 0.2) is 0 Å². The molecule has 9 nitrogen and oxygen atoms in total. The lowest BCUT2D eigenvalue weighted by atomic mass is 10.0. The third-order valence-corrected chi connectivity index (χ3v) is 3.34. The highest BCUT2D eigenvalue weighted by Gasteiger charge is 2.24. The largest absolute Gasteiger partial charge is 0.481 e. The maximum atomic E-state index is 12.2. The van der Waals surface area contributed by atoms with Gasteiger partial charge in [0.1, 0.15) is 12.6 Å². The number of hydrogen-bond donors (Lipinski definition) is 5. The third kappa shape index (κ3) is 7.93. The minimum Gasteiger partial charge on any atom is -0.481 e. The Bertz CT molecular complexity index is 620. The van der Waals surface area contributed by atoms with Crippen molar-refractivity contribution in [2.45, 2.75) is 31.3 Å². The first-order valence-corrected chi connectivity index (χ1v) is 7.60. The quantitative estimate of drug-likeness (QED) is 0.365. The predicted octanol–water partition coefficient (Wildman–Crippen LogP) is -0.893. The minimum absolute atomic E-state index is 0.0734. The normalized spacial score (nSPS) is 12.7. The number of amides is 2. The van der Waals surface area contributed by atoms with Gasteiger partial charge in [0, 0.05) is 12.8 Å². The molecule has 1 aromatic carbocycles. The monoisotopic (exact) mass is 351 g/mol. The van der Waals surface area contributed by atoms with Gasteiger partial charge >= 0.3 is 11.9 Å². The van der Waals surface area contributed by atoms with E-state index in [-0.39, 0.29) is 19.3 Å². The molecule has 0 aliphatic carbocycles. The van der Waals surface area contributed by atoms with Crippen LogP contribution in [0, 0.1) is 0 Å². The van der Waals surface area contributed by atoms with Crippen LogP contribution in [0.2, 0.25) is 0 Å². The van der Waals surface area contributed by atoms with Crippen LogP contribution in [-0.4, -0.2) is 52.6 Å². The smallest absolute Gasteiger partial charge is 0.322 e. The number of rotatable bonds is 10. The molecule has 6 N–H and O–H groups in total. The summed E-state index contributed by atoms with van der Waals surface area (Å²) < 4.78 is 0. The average molecular weight is 351 g/mol. The molecule has 0 unspecified atom stereocenters. The topological polar surface area (TPSA) is 159 Å². The van der Waals surface area contributed by atoms with Gasteiger partial charge in [0.2, 0.25) is 11.8 Å². The van der Waals surface area contributed by atoms with E-state index >= 15 is 0 Å². The van der Waals surface area contributed by atoms with Crippen LogP contribution >= 0.6 is 0 Å². The SMILES string of the molecule is N[C@@H](CCC(=O)O)C(=O)N[C@@H](Cc1ccccc1)C(=O)NCC(=O)O. The molecule has 2 atom stereocenters. The fraction of sp³-hybridized carbons (Fsp3) is 0.375. The Labute approximate surface area is 144 Å². The second kappa shape index (κ2) is 10.0. The molecule has 25 heavy (non-hydrogen) atoms. The first-order chi connectivity index (χ1) is 11.8. The van der Waals surface area contributed by atoms with E-state index < -0.39 is 42.4 Å². The van der Waals surface area contributed by atoms with Crippen molar-refractivity contribution in [1.29, 1.82) is 0 Å². The molecule has 1 aromatic rings. The van der Waals surface area contributed by atoms with Gasteiger partial charge in [0.25, 0.3) is 0 Å². The van der Waals surface area contributed by atoms with Crippen LogP contribution in [0.1, 0.15) is 18.4 Å².